The molecule has 2 aliphatic rings. The second-order valence-corrected chi connectivity index (χ2v) is 10.3. The van der Waals surface area contributed by atoms with E-state index in [1.807, 2.05) is 0 Å². The summed E-state index contributed by atoms with van der Waals surface area (Å²) in [6, 6.07) is 11.4. The number of allylic oxidation sites excluding steroid dienone is 1. The quantitative estimate of drug-likeness (QED) is 0.593. The summed E-state index contributed by atoms with van der Waals surface area (Å²) in [6.07, 6.45) is 4.84. The van der Waals surface area contributed by atoms with Gasteiger partial charge >= 0.3 is 139 Å². The van der Waals surface area contributed by atoms with Gasteiger partial charge in [-0.3, -0.25) is 0 Å². The van der Waals surface area contributed by atoms with Crippen LogP contribution in [-0.4, -0.2) is 4.98 Å². The second-order valence-electron chi connectivity index (χ2n) is 7.22. The van der Waals surface area contributed by atoms with Gasteiger partial charge in [0.25, 0.3) is 0 Å². The second kappa shape index (κ2) is 6.91. The van der Waals surface area contributed by atoms with Gasteiger partial charge in [-0.1, -0.05) is 0 Å². The molecule has 1 atom stereocenters. The maximum absolute atomic E-state index is 3.57. The first-order chi connectivity index (χ1) is 10.1. The number of nitrogens with one attached hydrogen (secondary N) is 1. The van der Waals surface area contributed by atoms with Gasteiger partial charge in [-0.2, -0.15) is 0 Å². The standard InChI is InChI=1S/C11H9.C8H12N.2ClH.Zr/c1-2-4-10-8(3-1)7-9-5-6-11(9)10;1-8(2,3)7-4-5-9-6-7;;;/h1-4,11H,5-6H2;4-5,9H,1-3H3;2*1H;/q;;;;+2/p-2. The molecule has 1 aromatic carbocycles. The first kappa shape index (κ1) is 19.0. The Morgan fingerprint density at radius 2 is 1.83 bits per heavy atom. The number of hydrogen-bond acceptors (Lipinski definition) is 0. The number of fused-ring (bicyclic) bond motifs is 3. The summed E-state index contributed by atoms with van der Waals surface area (Å²) in [7, 11) is 0. The zero-order valence-corrected chi connectivity index (χ0v) is 17.7. The number of rotatable bonds is 2. The Bertz CT molecular complexity index is 740. The van der Waals surface area contributed by atoms with Crippen molar-refractivity contribution < 1.29 is 48.0 Å². The molecule has 0 saturated heterocycles. The predicted octanol–water partition coefficient (Wildman–Crippen LogP) is -1.67. The summed E-state index contributed by atoms with van der Waals surface area (Å²) in [5.74, 6) is 0.769. The number of aromatic nitrogens is 1. The molecule has 0 amide bonds. The molecule has 1 nitrogen and oxygen atoms in total. The normalized spacial score (nSPS) is 18.1. The number of aromatic amines is 1. The van der Waals surface area contributed by atoms with Gasteiger partial charge in [-0.05, 0) is 0 Å². The summed E-state index contributed by atoms with van der Waals surface area (Å²) in [5, 5.41) is 0. The molecule has 0 bridgehead atoms. The van der Waals surface area contributed by atoms with Crippen LogP contribution in [0.1, 0.15) is 56.2 Å². The zero-order chi connectivity index (χ0) is 14.6. The van der Waals surface area contributed by atoms with Gasteiger partial charge in [0.2, 0.25) is 0 Å². The third kappa shape index (κ3) is 3.15. The van der Waals surface area contributed by atoms with Crippen LogP contribution in [0.2, 0.25) is 0 Å². The van der Waals surface area contributed by atoms with E-state index in [9.17, 15) is 0 Å². The Morgan fingerprint density at radius 3 is 2.48 bits per heavy atom. The van der Waals surface area contributed by atoms with Crippen molar-refractivity contribution in [3.05, 3.63) is 58.8 Å². The van der Waals surface area contributed by atoms with Gasteiger partial charge in [0.05, 0.1) is 0 Å². The third-order valence-electron chi connectivity index (χ3n) is 4.85. The fraction of sp³-hybridized carbons (Fsp3) is 0.368. The van der Waals surface area contributed by atoms with Gasteiger partial charge in [0.1, 0.15) is 0 Å². The third-order valence-corrected chi connectivity index (χ3v) is 8.55. The van der Waals surface area contributed by atoms with Crippen LogP contribution in [0.3, 0.4) is 0 Å². The predicted molar refractivity (Wildman–Crippen MR) is 84.5 cm³/mol. The molecule has 0 radical (unpaired) electrons. The monoisotopic (exact) mass is 423 g/mol. The van der Waals surface area contributed by atoms with E-state index in [4.69, 9.17) is 0 Å². The molecule has 2 aliphatic carbocycles. The number of H-pyrrole nitrogens is 1. The van der Waals surface area contributed by atoms with Crippen molar-refractivity contribution in [2.24, 2.45) is 0 Å². The number of halogens is 2. The van der Waals surface area contributed by atoms with Crippen LogP contribution >= 0.6 is 0 Å². The molecule has 1 heterocycles. The zero-order valence-electron chi connectivity index (χ0n) is 13.7. The van der Waals surface area contributed by atoms with Gasteiger partial charge in [-0.25, -0.2) is 0 Å². The van der Waals surface area contributed by atoms with E-state index >= 15 is 0 Å². The maximum atomic E-state index is 3.57. The summed E-state index contributed by atoms with van der Waals surface area (Å²) in [5.41, 5.74) is 6.74. The largest absolute Gasteiger partial charge is 1.00 e. The van der Waals surface area contributed by atoms with E-state index in [0.29, 0.717) is 0 Å². The van der Waals surface area contributed by atoms with Gasteiger partial charge < -0.3 is 24.8 Å². The van der Waals surface area contributed by atoms with Crippen LogP contribution in [0, 0.1) is 0 Å². The first-order valence-electron chi connectivity index (χ1n) is 7.83. The molecule has 1 fully saturated rings. The van der Waals surface area contributed by atoms with Crippen LogP contribution in [0.25, 0.3) is 3.28 Å². The fourth-order valence-electron chi connectivity index (χ4n) is 3.65. The molecular weight excluding hydrogens is 404 g/mol. The molecule has 1 saturated carbocycles. The van der Waals surface area contributed by atoms with Gasteiger partial charge in [-0.15, -0.1) is 0 Å². The fourth-order valence-corrected chi connectivity index (χ4v) is 8.12. The van der Waals surface area contributed by atoms with Crippen molar-refractivity contribution in [2.45, 2.75) is 44.9 Å². The Kier molecular flexibility index (Phi) is 5.71. The maximum Gasteiger partial charge on any atom is -1.00 e. The number of benzene rings is 1. The van der Waals surface area contributed by atoms with Crippen molar-refractivity contribution >= 4 is 6.68 Å². The SMILES string of the molecule is CC(C)(C)c1cc[nH][c]1[Zr+2][C]1=C2CCC2c2ccccc21.[Cl-].[Cl-]. The van der Waals surface area contributed by atoms with Gasteiger partial charge in [0, 0.05) is 0 Å². The van der Waals surface area contributed by atoms with Gasteiger partial charge in [0.15, 0.2) is 0 Å². The Balaban J connectivity index is 0.000000960. The van der Waals surface area contributed by atoms with Crippen molar-refractivity contribution in [1.29, 1.82) is 0 Å². The van der Waals surface area contributed by atoms with Crippen molar-refractivity contribution in [2.75, 3.05) is 0 Å². The average Bonchev–Trinajstić information content (AvgIpc) is 2.92. The summed E-state index contributed by atoms with van der Waals surface area (Å²) < 4.78 is 3.33. The molecule has 2 aromatic rings. The molecule has 4 rings (SSSR count). The van der Waals surface area contributed by atoms with Crippen molar-refractivity contribution in [1.82, 2.24) is 4.98 Å². The Labute approximate surface area is 162 Å². The van der Waals surface area contributed by atoms with E-state index in [-0.39, 0.29) is 30.2 Å². The molecule has 120 valence electrons. The van der Waals surface area contributed by atoms with Crippen molar-refractivity contribution in [3.63, 3.8) is 0 Å². The summed E-state index contributed by atoms with van der Waals surface area (Å²) in [6.45, 7) is 6.98. The van der Waals surface area contributed by atoms with E-state index in [1.165, 1.54) is 18.4 Å². The van der Waals surface area contributed by atoms with Crippen LogP contribution in [0.5, 0.6) is 0 Å². The van der Waals surface area contributed by atoms with Crippen LogP contribution in [0.15, 0.2) is 42.1 Å². The first-order valence-corrected chi connectivity index (χ1v) is 10.3. The average molecular weight is 426 g/mol. The molecule has 1 aromatic heterocycles. The van der Waals surface area contributed by atoms with E-state index < -0.39 is 23.2 Å². The van der Waals surface area contributed by atoms with Crippen LogP contribution < -0.4 is 28.2 Å². The summed E-state index contributed by atoms with van der Waals surface area (Å²) in [4.78, 5) is 3.57. The molecule has 23 heavy (non-hydrogen) atoms. The Hall–Kier alpha value is -0.297. The Morgan fingerprint density at radius 1 is 1.09 bits per heavy atom. The molecule has 1 unspecified atom stereocenters. The van der Waals surface area contributed by atoms with E-state index in [0.717, 1.165) is 5.92 Å². The minimum atomic E-state index is -0.744. The minimum absolute atomic E-state index is 0. The molecule has 1 N–H and O–H groups in total. The summed E-state index contributed by atoms with van der Waals surface area (Å²) >= 11 is -0.744. The van der Waals surface area contributed by atoms with Crippen LogP contribution in [-0.2, 0) is 28.6 Å². The molecule has 4 heteroatoms. The molecular formula is C19H21Cl2NZr. The smallest absolute Gasteiger partial charge is 1.00 e. The van der Waals surface area contributed by atoms with E-state index in [2.05, 4.69) is 62.3 Å². The number of hydrogen-bond donors (Lipinski definition) is 1. The van der Waals surface area contributed by atoms with Crippen LogP contribution in [0.4, 0.5) is 0 Å². The van der Waals surface area contributed by atoms with Crippen molar-refractivity contribution in [3.8, 4) is 0 Å². The van der Waals surface area contributed by atoms with E-state index in [1.54, 1.807) is 23.4 Å². The topological polar surface area (TPSA) is 15.8 Å². The minimum Gasteiger partial charge on any atom is -1.00 e. The molecule has 0 spiro atoms. The molecule has 0 aliphatic heterocycles.